The van der Waals surface area contributed by atoms with E-state index in [4.69, 9.17) is 9.47 Å². The average molecular weight is 598 g/mol. The normalized spacial score (nSPS) is 27.1. The molecule has 2 saturated heterocycles. The van der Waals surface area contributed by atoms with Gasteiger partial charge >= 0.3 is 0 Å². The zero-order chi connectivity index (χ0) is 31.1. The molecule has 1 aromatic rings. The number of nitrogens with zero attached hydrogens (tertiary/aromatic N) is 2. The monoisotopic (exact) mass is 597 g/mol. The second kappa shape index (κ2) is 12.1. The van der Waals surface area contributed by atoms with E-state index in [1.807, 2.05) is 19.9 Å². The molecule has 4 amide bonds. The summed E-state index contributed by atoms with van der Waals surface area (Å²) in [6, 6.07) is 3.03. The molecular weight excluding hydrogens is 557 g/mol. The van der Waals surface area contributed by atoms with Gasteiger partial charge in [-0.1, -0.05) is 27.7 Å². The van der Waals surface area contributed by atoms with Crippen molar-refractivity contribution < 1.29 is 33.0 Å². The molecular formula is C31H40FN5O6. The Morgan fingerprint density at radius 3 is 2.60 bits per heavy atom. The van der Waals surface area contributed by atoms with E-state index >= 15 is 0 Å². The van der Waals surface area contributed by atoms with Crippen LogP contribution < -0.4 is 20.7 Å². The van der Waals surface area contributed by atoms with Crippen molar-refractivity contribution in [1.29, 1.82) is 5.26 Å². The number of carbonyl (C=O) groups excluding carboxylic acids is 4. The van der Waals surface area contributed by atoms with Crippen LogP contribution in [-0.4, -0.2) is 72.5 Å². The SMILES string of the molecule is CC(C)[C@H](NC(=O)CC1CCOCC1)C(=O)N1C[C@H]2[C@@H]([C@H]1C(=O)N[C@H](C#N)C[C@@H]1Oc3cc(F)ccc3NC1=O)C2(C)C. The van der Waals surface area contributed by atoms with Gasteiger partial charge in [0.25, 0.3) is 5.91 Å². The lowest BCUT2D eigenvalue weighted by Gasteiger charge is -2.35. The third-order valence-electron chi connectivity index (χ3n) is 9.51. The van der Waals surface area contributed by atoms with Gasteiger partial charge in [-0.05, 0) is 54.1 Å². The average Bonchev–Trinajstić information content (AvgIpc) is 3.28. The number of nitriles is 1. The molecule has 3 fully saturated rings. The van der Waals surface area contributed by atoms with Crippen molar-refractivity contribution in [3.8, 4) is 11.8 Å². The van der Waals surface area contributed by atoms with Gasteiger partial charge in [-0.2, -0.15) is 5.26 Å². The van der Waals surface area contributed by atoms with Crippen molar-refractivity contribution in [3.05, 3.63) is 24.0 Å². The number of benzene rings is 1. The number of fused-ring (bicyclic) bond motifs is 2. The van der Waals surface area contributed by atoms with E-state index < -0.39 is 41.9 Å². The number of hydrogen-bond donors (Lipinski definition) is 3. The van der Waals surface area contributed by atoms with Gasteiger partial charge in [0, 0.05) is 38.7 Å². The largest absolute Gasteiger partial charge is 0.478 e. The van der Waals surface area contributed by atoms with Gasteiger partial charge in [-0.3, -0.25) is 19.2 Å². The molecule has 1 saturated carbocycles. The molecule has 3 aliphatic heterocycles. The van der Waals surface area contributed by atoms with E-state index in [1.54, 1.807) is 4.90 Å². The van der Waals surface area contributed by atoms with Gasteiger partial charge in [0.1, 0.15) is 29.7 Å². The van der Waals surface area contributed by atoms with Gasteiger partial charge in [0.2, 0.25) is 17.7 Å². The predicted molar refractivity (Wildman–Crippen MR) is 153 cm³/mol. The number of halogens is 1. The number of piperidine rings is 1. The van der Waals surface area contributed by atoms with E-state index in [0.717, 1.165) is 18.9 Å². The van der Waals surface area contributed by atoms with Crippen LogP contribution in [0.25, 0.3) is 0 Å². The Morgan fingerprint density at radius 2 is 1.93 bits per heavy atom. The Kier molecular flexibility index (Phi) is 8.65. The summed E-state index contributed by atoms with van der Waals surface area (Å²) < 4.78 is 24.8. The summed E-state index contributed by atoms with van der Waals surface area (Å²) in [6.45, 7) is 9.45. The molecule has 12 heteroatoms. The molecule has 6 atom stereocenters. The molecule has 5 rings (SSSR count). The minimum absolute atomic E-state index is 0.106. The highest BCUT2D eigenvalue weighted by atomic mass is 19.1. The van der Waals surface area contributed by atoms with E-state index in [0.29, 0.717) is 31.9 Å². The summed E-state index contributed by atoms with van der Waals surface area (Å²) in [6.07, 6.45) is 0.635. The molecule has 0 bridgehead atoms. The standard InChI is InChI=1S/C31H40FN5O6/c1-16(2)26(36-24(38)11-17-7-9-42-10-8-17)30(41)37-15-20-25(31(20,3)4)27(37)29(40)34-19(14-33)13-23-28(39)35-21-6-5-18(32)12-22(21)43-23/h5-6,12,16-17,19-20,23,25-27H,7-11,13,15H2,1-4H3,(H,34,40)(H,35,39)(H,36,38)/t19-,20-,23-,25-,26-,27-/m0/s1. The third-order valence-corrected chi connectivity index (χ3v) is 9.51. The number of amides is 4. The highest BCUT2D eigenvalue weighted by molar-refractivity contribution is 5.98. The molecule has 11 nitrogen and oxygen atoms in total. The van der Waals surface area contributed by atoms with Gasteiger partial charge in [-0.15, -0.1) is 0 Å². The molecule has 1 aromatic carbocycles. The highest BCUT2D eigenvalue weighted by Crippen LogP contribution is 2.65. The summed E-state index contributed by atoms with van der Waals surface area (Å²) in [5.74, 6) is -1.90. The molecule has 0 unspecified atom stereocenters. The van der Waals surface area contributed by atoms with E-state index in [9.17, 15) is 28.8 Å². The van der Waals surface area contributed by atoms with Crippen molar-refractivity contribution >= 4 is 29.3 Å². The highest BCUT2D eigenvalue weighted by Gasteiger charge is 2.69. The molecule has 232 valence electrons. The topological polar surface area (TPSA) is 150 Å². The Hall–Kier alpha value is -3.72. The molecule has 4 aliphatic rings. The Balaban J connectivity index is 1.26. The van der Waals surface area contributed by atoms with Crippen LogP contribution in [0, 0.1) is 46.2 Å². The lowest BCUT2D eigenvalue weighted by molar-refractivity contribution is -0.144. The number of nitrogens with one attached hydrogen (secondary N) is 3. The second-order valence-corrected chi connectivity index (χ2v) is 13.1. The third kappa shape index (κ3) is 6.32. The molecule has 0 spiro atoms. The first kappa shape index (κ1) is 30.7. The smallest absolute Gasteiger partial charge is 0.265 e. The zero-order valence-corrected chi connectivity index (χ0v) is 25.0. The van der Waals surface area contributed by atoms with Crippen LogP contribution in [0.1, 0.15) is 53.4 Å². The Labute approximate surface area is 250 Å². The first-order chi connectivity index (χ1) is 20.4. The van der Waals surface area contributed by atoms with Crippen molar-refractivity contribution in [2.45, 2.75) is 77.6 Å². The lowest BCUT2D eigenvalue weighted by atomic mass is 9.94. The van der Waals surface area contributed by atoms with Crippen molar-refractivity contribution in [3.63, 3.8) is 0 Å². The van der Waals surface area contributed by atoms with Crippen molar-refractivity contribution in [2.24, 2.45) is 29.1 Å². The van der Waals surface area contributed by atoms with E-state index in [-0.39, 0.29) is 53.1 Å². The fourth-order valence-electron chi connectivity index (χ4n) is 6.84. The van der Waals surface area contributed by atoms with Crippen LogP contribution in [0.2, 0.25) is 0 Å². The summed E-state index contributed by atoms with van der Waals surface area (Å²) in [5.41, 5.74) is 0.155. The summed E-state index contributed by atoms with van der Waals surface area (Å²) in [4.78, 5) is 54.8. The molecule has 3 heterocycles. The van der Waals surface area contributed by atoms with Gasteiger partial charge in [0.15, 0.2) is 6.10 Å². The number of likely N-dealkylation sites (tertiary alicyclic amines) is 1. The summed E-state index contributed by atoms with van der Waals surface area (Å²) >= 11 is 0. The molecule has 43 heavy (non-hydrogen) atoms. The van der Waals surface area contributed by atoms with Crippen molar-refractivity contribution in [1.82, 2.24) is 15.5 Å². The number of rotatable bonds is 9. The van der Waals surface area contributed by atoms with E-state index in [1.165, 1.54) is 12.1 Å². The number of hydrogen-bond acceptors (Lipinski definition) is 7. The Bertz CT molecular complexity index is 1320. The number of ether oxygens (including phenoxy) is 2. The first-order valence-corrected chi connectivity index (χ1v) is 15.0. The maximum absolute atomic E-state index is 13.9. The minimum Gasteiger partial charge on any atom is -0.478 e. The van der Waals surface area contributed by atoms with Crippen LogP contribution in [-0.2, 0) is 23.9 Å². The lowest BCUT2D eigenvalue weighted by Crippen LogP contribution is -2.58. The summed E-state index contributed by atoms with van der Waals surface area (Å²) in [7, 11) is 0. The first-order valence-electron chi connectivity index (χ1n) is 15.0. The quantitative estimate of drug-likeness (QED) is 0.396. The predicted octanol–water partition coefficient (Wildman–Crippen LogP) is 2.36. The Morgan fingerprint density at radius 1 is 1.21 bits per heavy atom. The van der Waals surface area contributed by atoms with Gasteiger partial charge in [0.05, 0.1) is 11.8 Å². The van der Waals surface area contributed by atoms with Crippen LogP contribution in [0.3, 0.4) is 0 Å². The van der Waals surface area contributed by atoms with Crippen LogP contribution >= 0.6 is 0 Å². The van der Waals surface area contributed by atoms with Gasteiger partial charge in [-0.25, -0.2) is 4.39 Å². The maximum atomic E-state index is 13.9. The maximum Gasteiger partial charge on any atom is 0.265 e. The number of anilines is 1. The molecule has 1 aliphatic carbocycles. The fourth-order valence-corrected chi connectivity index (χ4v) is 6.84. The molecule has 3 N–H and O–H groups in total. The van der Waals surface area contributed by atoms with Crippen LogP contribution in [0.15, 0.2) is 18.2 Å². The van der Waals surface area contributed by atoms with Crippen molar-refractivity contribution in [2.75, 3.05) is 25.1 Å². The van der Waals surface area contributed by atoms with E-state index in [2.05, 4.69) is 29.8 Å². The molecule has 0 radical (unpaired) electrons. The van der Waals surface area contributed by atoms with Crippen LogP contribution in [0.4, 0.5) is 10.1 Å². The minimum atomic E-state index is -1.12. The summed E-state index contributed by atoms with van der Waals surface area (Å²) in [5, 5.41) is 18.2. The molecule has 0 aromatic heterocycles. The van der Waals surface area contributed by atoms with Gasteiger partial charge < -0.3 is 30.3 Å². The number of carbonyl (C=O) groups is 4. The second-order valence-electron chi connectivity index (χ2n) is 13.1. The fraction of sp³-hybridized carbons (Fsp3) is 0.645. The zero-order valence-electron chi connectivity index (χ0n) is 25.0. The van der Waals surface area contributed by atoms with Crippen LogP contribution in [0.5, 0.6) is 5.75 Å².